The number of carbonyl (C=O) groups excluding carboxylic acids is 1. The lowest BCUT2D eigenvalue weighted by atomic mass is 9.98. The van der Waals surface area contributed by atoms with Crippen molar-refractivity contribution in [2.45, 2.75) is 19.8 Å². The Bertz CT molecular complexity index is 476. The molecule has 1 atom stereocenters. The van der Waals surface area contributed by atoms with E-state index in [2.05, 4.69) is 4.90 Å². The van der Waals surface area contributed by atoms with Gasteiger partial charge >= 0.3 is 5.97 Å². The molecule has 1 aliphatic heterocycles. The highest BCUT2D eigenvalue weighted by atomic mass is 16.5. The highest BCUT2D eigenvalue weighted by Gasteiger charge is 2.21. The number of aliphatic hydroxyl groups is 1. The standard InChI is InChI=1S/C15H22N2O3/c1-2-20-15(19)12-5-6-14(13(16)8-12)17-7-3-4-11(9-17)10-18/h5-6,8,11,18H,2-4,7,9-10,16H2,1H3. The number of hydrogen-bond acceptors (Lipinski definition) is 5. The number of benzene rings is 1. The van der Waals surface area contributed by atoms with E-state index in [9.17, 15) is 9.90 Å². The summed E-state index contributed by atoms with van der Waals surface area (Å²) < 4.78 is 4.96. The average molecular weight is 278 g/mol. The van der Waals surface area contributed by atoms with Gasteiger partial charge in [0, 0.05) is 19.7 Å². The van der Waals surface area contributed by atoms with E-state index in [4.69, 9.17) is 10.5 Å². The Morgan fingerprint density at radius 2 is 2.35 bits per heavy atom. The number of anilines is 2. The Labute approximate surface area is 119 Å². The van der Waals surface area contributed by atoms with Gasteiger partial charge in [-0.3, -0.25) is 0 Å². The van der Waals surface area contributed by atoms with E-state index >= 15 is 0 Å². The van der Waals surface area contributed by atoms with Crippen LogP contribution in [0.25, 0.3) is 0 Å². The third-order valence-electron chi connectivity index (χ3n) is 3.66. The summed E-state index contributed by atoms with van der Waals surface area (Å²) in [6.45, 7) is 4.07. The number of esters is 1. The van der Waals surface area contributed by atoms with Gasteiger partial charge < -0.3 is 20.5 Å². The Morgan fingerprint density at radius 3 is 3.00 bits per heavy atom. The van der Waals surface area contributed by atoms with Crippen LogP contribution in [0.15, 0.2) is 18.2 Å². The highest BCUT2D eigenvalue weighted by molar-refractivity contribution is 5.92. The minimum absolute atomic E-state index is 0.206. The van der Waals surface area contributed by atoms with Gasteiger partial charge in [0.15, 0.2) is 0 Å². The molecule has 1 unspecified atom stereocenters. The van der Waals surface area contributed by atoms with Crippen LogP contribution in [-0.2, 0) is 4.74 Å². The van der Waals surface area contributed by atoms with Crippen LogP contribution in [0.2, 0.25) is 0 Å². The zero-order valence-electron chi connectivity index (χ0n) is 11.8. The Kier molecular flexibility index (Phi) is 4.84. The minimum atomic E-state index is -0.349. The normalized spacial score (nSPS) is 18.9. The van der Waals surface area contributed by atoms with E-state index in [1.54, 1.807) is 19.1 Å². The first-order valence-corrected chi connectivity index (χ1v) is 7.08. The first kappa shape index (κ1) is 14.7. The van der Waals surface area contributed by atoms with Gasteiger partial charge in [-0.25, -0.2) is 4.79 Å². The van der Waals surface area contributed by atoms with Crippen LogP contribution in [-0.4, -0.2) is 37.4 Å². The molecule has 1 saturated heterocycles. The van der Waals surface area contributed by atoms with Gasteiger partial charge in [-0.05, 0) is 43.9 Å². The number of ether oxygens (including phenoxy) is 1. The Morgan fingerprint density at radius 1 is 1.55 bits per heavy atom. The van der Waals surface area contributed by atoms with Crippen LogP contribution in [0.5, 0.6) is 0 Å². The van der Waals surface area contributed by atoms with Gasteiger partial charge in [-0.2, -0.15) is 0 Å². The number of hydrogen-bond donors (Lipinski definition) is 2. The van der Waals surface area contributed by atoms with Gasteiger partial charge in [-0.1, -0.05) is 0 Å². The molecule has 0 radical (unpaired) electrons. The molecule has 20 heavy (non-hydrogen) atoms. The number of aliphatic hydroxyl groups excluding tert-OH is 1. The van der Waals surface area contributed by atoms with Gasteiger partial charge in [0.2, 0.25) is 0 Å². The third-order valence-corrected chi connectivity index (χ3v) is 3.66. The zero-order chi connectivity index (χ0) is 14.5. The first-order chi connectivity index (χ1) is 9.65. The summed E-state index contributed by atoms with van der Waals surface area (Å²) in [6, 6.07) is 5.27. The minimum Gasteiger partial charge on any atom is -0.462 e. The fourth-order valence-electron chi connectivity index (χ4n) is 2.62. The molecule has 1 aliphatic rings. The second-order valence-electron chi connectivity index (χ2n) is 5.13. The number of rotatable bonds is 4. The SMILES string of the molecule is CCOC(=O)c1ccc(N2CCCC(CO)C2)c(N)c1. The van der Waals surface area contributed by atoms with Crippen LogP contribution in [0, 0.1) is 5.92 Å². The number of nitrogens with two attached hydrogens (primary N) is 1. The van der Waals surface area contributed by atoms with Crippen molar-refractivity contribution in [2.24, 2.45) is 5.92 Å². The molecule has 0 amide bonds. The summed E-state index contributed by atoms with van der Waals surface area (Å²) in [5.41, 5.74) is 8.04. The molecule has 1 aromatic carbocycles. The molecule has 1 heterocycles. The average Bonchev–Trinajstić information content (AvgIpc) is 2.47. The fourth-order valence-corrected chi connectivity index (χ4v) is 2.62. The summed E-state index contributed by atoms with van der Waals surface area (Å²) in [7, 11) is 0. The van der Waals surface area contributed by atoms with E-state index in [1.165, 1.54) is 0 Å². The van der Waals surface area contributed by atoms with Crippen LogP contribution >= 0.6 is 0 Å². The Balaban J connectivity index is 2.15. The quantitative estimate of drug-likeness (QED) is 0.647. The molecule has 5 nitrogen and oxygen atoms in total. The van der Waals surface area contributed by atoms with E-state index < -0.39 is 0 Å². The van der Waals surface area contributed by atoms with Crippen molar-refractivity contribution in [1.82, 2.24) is 0 Å². The molecule has 0 saturated carbocycles. The summed E-state index contributed by atoms with van der Waals surface area (Å²) in [6.07, 6.45) is 2.10. The van der Waals surface area contributed by atoms with Gasteiger partial charge in [0.25, 0.3) is 0 Å². The first-order valence-electron chi connectivity index (χ1n) is 7.08. The van der Waals surface area contributed by atoms with Crippen LogP contribution in [0.4, 0.5) is 11.4 Å². The van der Waals surface area contributed by atoms with Gasteiger partial charge in [0.05, 0.1) is 23.5 Å². The Hall–Kier alpha value is -1.75. The smallest absolute Gasteiger partial charge is 0.338 e. The van der Waals surface area contributed by atoms with E-state index in [-0.39, 0.29) is 12.6 Å². The topological polar surface area (TPSA) is 75.8 Å². The third kappa shape index (κ3) is 3.22. The van der Waals surface area contributed by atoms with Crippen molar-refractivity contribution in [2.75, 3.05) is 36.9 Å². The van der Waals surface area contributed by atoms with E-state index in [0.29, 0.717) is 23.8 Å². The maximum atomic E-state index is 11.7. The van der Waals surface area contributed by atoms with E-state index in [1.807, 2.05) is 6.07 Å². The van der Waals surface area contributed by atoms with Crippen molar-refractivity contribution < 1.29 is 14.6 Å². The molecule has 2 rings (SSSR count). The second-order valence-corrected chi connectivity index (χ2v) is 5.13. The van der Waals surface area contributed by atoms with Crippen molar-refractivity contribution in [3.63, 3.8) is 0 Å². The van der Waals surface area contributed by atoms with Gasteiger partial charge in [0.1, 0.15) is 0 Å². The number of nitrogen functional groups attached to an aromatic ring is 1. The molecule has 1 aromatic rings. The molecular weight excluding hydrogens is 256 g/mol. The lowest BCUT2D eigenvalue weighted by molar-refractivity contribution is 0.0526. The fraction of sp³-hybridized carbons (Fsp3) is 0.533. The molecule has 0 spiro atoms. The maximum absolute atomic E-state index is 11.7. The molecule has 3 N–H and O–H groups in total. The summed E-state index contributed by atoms with van der Waals surface area (Å²) in [5, 5.41) is 9.28. The summed E-state index contributed by atoms with van der Waals surface area (Å²) >= 11 is 0. The molecular formula is C15H22N2O3. The van der Waals surface area contributed by atoms with Crippen LogP contribution in [0.3, 0.4) is 0 Å². The predicted octanol–water partition coefficient (Wildman–Crippen LogP) is 1.65. The molecule has 0 bridgehead atoms. The molecule has 0 aliphatic carbocycles. The van der Waals surface area contributed by atoms with Crippen molar-refractivity contribution in [3.8, 4) is 0 Å². The lowest BCUT2D eigenvalue weighted by Gasteiger charge is -2.34. The van der Waals surface area contributed by atoms with Crippen LogP contribution in [0.1, 0.15) is 30.1 Å². The number of carbonyl (C=O) groups is 1. The zero-order valence-corrected chi connectivity index (χ0v) is 11.8. The van der Waals surface area contributed by atoms with Crippen molar-refractivity contribution in [3.05, 3.63) is 23.8 Å². The lowest BCUT2D eigenvalue weighted by Crippen LogP contribution is -2.37. The van der Waals surface area contributed by atoms with Crippen molar-refractivity contribution >= 4 is 17.3 Å². The highest BCUT2D eigenvalue weighted by Crippen LogP contribution is 2.29. The predicted molar refractivity (Wildman–Crippen MR) is 78.8 cm³/mol. The molecule has 1 fully saturated rings. The monoisotopic (exact) mass is 278 g/mol. The molecule has 0 aromatic heterocycles. The largest absolute Gasteiger partial charge is 0.462 e. The van der Waals surface area contributed by atoms with E-state index in [0.717, 1.165) is 31.6 Å². The number of nitrogens with zero attached hydrogens (tertiary/aromatic N) is 1. The maximum Gasteiger partial charge on any atom is 0.338 e. The van der Waals surface area contributed by atoms with Gasteiger partial charge in [-0.15, -0.1) is 0 Å². The number of piperidine rings is 1. The van der Waals surface area contributed by atoms with Crippen molar-refractivity contribution in [1.29, 1.82) is 0 Å². The molecule has 110 valence electrons. The summed E-state index contributed by atoms with van der Waals surface area (Å²) in [4.78, 5) is 13.8. The van der Waals surface area contributed by atoms with Crippen LogP contribution < -0.4 is 10.6 Å². The second kappa shape index (κ2) is 6.61. The summed E-state index contributed by atoms with van der Waals surface area (Å²) in [5.74, 6) is -0.0505. The molecule has 5 heteroatoms.